The van der Waals surface area contributed by atoms with Gasteiger partial charge >= 0.3 is 12.3 Å². The van der Waals surface area contributed by atoms with Gasteiger partial charge in [-0.3, -0.25) is 4.90 Å². The molecule has 1 aromatic heterocycles. The second kappa shape index (κ2) is 13.8. The summed E-state index contributed by atoms with van der Waals surface area (Å²) >= 11 is 8.61. The molecule has 1 saturated carbocycles. The van der Waals surface area contributed by atoms with Crippen molar-refractivity contribution < 1.29 is 27.4 Å². The zero-order valence-electron chi connectivity index (χ0n) is 26.8. The lowest BCUT2D eigenvalue weighted by Crippen LogP contribution is -2.45. The Morgan fingerprint density at radius 3 is 2.15 bits per heavy atom. The normalized spacial score (nSPS) is 17.3. The molecule has 46 heavy (non-hydrogen) atoms. The molecule has 246 valence electrons. The number of carbonyl (C=O) groups excluding carboxylic acids is 1. The van der Waals surface area contributed by atoms with E-state index in [0.717, 1.165) is 68.9 Å². The fourth-order valence-corrected chi connectivity index (χ4v) is 7.63. The Kier molecular flexibility index (Phi) is 10.3. The van der Waals surface area contributed by atoms with Crippen molar-refractivity contribution in [2.75, 3.05) is 14.2 Å². The maximum atomic E-state index is 13.2. The number of halogens is 4. The minimum atomic E-state index is -4.39. The number of benzene rings is 3. The Morgan fingerprint density at radius 1 is 0.913 bits per heavy atom. The molecule has 0 unspecified atom stereocenters. The average Bonchev–Trinajstić information content (AvgIpc) is 3.34. The Balaban J connectivity index is 1.42. The minimum absolute atomic E-state index is 0.0818. The molecule has 1 aliphatic rings. The topological polar surface area (TPSA) is 42.0 Å². The molecule has 1 fully saturated rings. The third kappa shape index (κ3) is 7.99. The molecule has 0 atom stereocenters. The third-order valence-electron chi connectivity index (χ3n) is 8.56. The van der Waals surface area contributed by atoms with Crippen molar-refractivity contribution in [1.29, 1.82) is 0 Å². The quantitative estimate of drug-likeness (QED) is 0.187. The van der Waals surface area contributed by atoms with Crippen LogP contribution in [0.2, 0.25) is 5.02 Å². The average molecular weight is 673 g/mol. The molecule has 0 saturated heterocycles. The van der Waals surface area contributed by atoms with E-state index < -0.39 is 17.3 Å². The summed E-state index contributed by atoms with van der Waals surface area (Å²) in [6.45, 7) is 6.79. The monoisotopic (exact) mass is 672 g/mol. The van der Waals surface area contributed by atoms with Gasteiger partial charge in [-0.1, -0.05) is 48.0 Å². The van der Waals surface area contributed by atoms with Gasteiger partial charge in [-0.2, -0.15) is 13.2 Å². The van der Waals surface area contributed by atoms with Crippen molar-refractivity contribution >= 4 is 39.1 Å². The number of hydrogen-bond donors (Lipinski definition) is 0. The number of alkyl halides is 3. The molecular formula is C36H40ClF3N2O3S. The van der Waals surface area contributed by atoms with Gasteiger partial charge in [0.2, 0.25) is 0 Å². The number of carbonyl (C=O) groups is 1. The Bertz CT molecular complexity index is 1660. The van der Waals surface area contributed by atoms with Crippen molar-refractivity contribution in [2.24, 2.45) is 0 Å². The SMILES string of the molecule is COc1ccc(-c2ccc(C(F)(F)F)cc2)cc1CN(Cc1sc2ccccc2c1Cl)[C@H]1CC[C@H](N(C)C(=O)OC(C)(C)C)CC1. The van der Waals surface area contributed by atoms with E-state index in [1.807, 2.05) is 64.2 Å². The van der Waals surface area contributed by atoms with Gasteiger partial charge in [-0.15, -0.1) is 11.3 Å². The standard InChI is InChI=1S/C36H40ClF3N2O3S/c1-35(2,3)45-34(43)41(4)27-15-17-28(18-16-27)42(22-32-33(37)29-8-6-7-9-31(29)46-32)21-25-20-24(12-19-30(25)44-5)23-10-13-26(14-11-23)36(38,39)40/h6-14,19-20,27-28H,15-18,21-22H2,1-5H3/t27-,28-. The van der Waals surface area contributed by atoms with Crippen molar-refractivity contribution in [3.05, 3.63) is 87.8 Å². The fourth-order valence-electron chi connectivity index (χ4n) is 6.11. The second-order valence-corrected chi connectivity index (χ2v) is 14.4. The molecule has 5 rings (SSSR count). The number of fused-ring (bicyclic) bond motifs is 1. The zero-order valence-corrected chi connectivity index (χ0v) is 28.4. The van der Waals surface area contributed by atoms with Crippen LogP contribution in [0.25, 0.3) is 21.2 Å². The minimum Gasteiger partial charge on any atom is -0.496 e. The molecule has 3 aromatic carbocycles. The van der Waals surface area contributed by atoms with Crippen LogP contribution in [0.1, 0.15) is 62.5 Å². The highest BCUT2D eigenvalue weighted by molar-refractivity contribution is 7.19. The van der Waals surface area contributed by atoms with Crippen LogP contribution in [-0.2, 0) is 24.0 Å². The highest BCUT2D eigenvalue weighted by Gasteiger charge is 2.33. The van der Waals surface area contributed by atoms with Crippen LogP contribution < -0.4 is 4.74 Å². The van der Waals surface area contributed by atoms with Crippen molar-refractivity contribution in [3.63, 3.8) is 0 Å². The van der Waals surface area contributed by atoms with Gasteiger partial charge in [0.05, 0.1) is 17.7 Å². The van der Waals surface area contributed by atoms with Gasteiger partial charge in [0.25, 0.3) is 0 Å². The maximum absolute atomic E-state index is 13.2. The van der Waals surface area contributed by atoms with Crippen LogP contribution in [0, 0.1) is 0 Å². The van der Waals surface area contributed by atoms with Crippen molar-refractivity contribution in [1.82, 2.24) is 9.80 Å². The number of nitrogens with zero attached hydrogens (tertiary/aromatic N) is 2. The van der Waals surface area contributed by atoms with E-state index in [9.17, 15) is 18.0 Å². The molecule has 10 heteroatoms. The number of ether oxygens (including phenoxy) is 2. The van der Waals surface area contributed by atoms with Gasteiger partial charge in [-0.05, 0) is 87.9 Å². The number of rotatable bonds is 8. The van der Waals surface area contributed by atoms with Crippen molar-refractivity contribution in [3.8, 4) is 16.9 Å². The number of hydrogen-bond acceptors (Lipinski definition) is 5. The summed E-state index contributed by atoms with van der Waals surface area (Å²) in [5.74, 6) is 0.710. The first kappa shape index (κ1) is 34.1. The van der Waals surface area contributed by atoms with Gasteiger partial charge in [0.15, 0.2) is 0 Å². The van der Waals surface area contributed by atoms with Crippen LogP contribution in [0.3, 0.4) is 0 Å². The zero-order chi connectivity index (χ0) is 33.2. The van der Waals surface area contributed by atoms with E-state index >= 15 is 0 Å². The molecule has 4 aromatic rings. The summed E-state index contributed by atoms with van der Waals surface area (Å²) in [5, 5.41) is 1.79. The summed E-state index contributed by atoms with van der Waals surface area (Å²) in [5.41, 5.74) is 1.21. The Labute approximate surface area is 277 Å². The summed E-state index contributed by atoms with van der Waals surface area (Å²) < 4.78 is 52.1. The molecule has 0 N–H and O–H groups in total. The molecule has 0 bridgehead atoms. The van der Waals surface area contributed by atoms with Crippen LogP contribution in [0.5, 0.6) is 5.75 Å². The summed E-state index contributed by atoms with van der Waals surface area (Å²) in [6, 6.07) is 19.4. The second-order valence-electron chi connectivity index (χ2n) is 12.9. The lowest BCUT2D eigenvalue weighted by molar-refractivity contribution is -0.137. The van der Waals surface area contributed by atoms with Gasteiger partial charge in [0.1, 0.15) is 11.4 Å². The van der Waals surface area contributed by atoms with Crippen LogP contribution in [-0.4, -0.2) is 47.7 Å². The summed E-state index contributed by atoms with van der Waals surface area (Å²) in [4.78, 5) is 18.0. The van der Waals surface area contributed by atoms with Gasteiger partial charge in [0, 0.05) is 52.7 Å². The fraction of sp³-hybridized carbons (Fsp3) is 0.417. The number of amides is 1. The summed E-state index contributed by atoms with van der Waals surface area (Å²) in [6.07, 6.45) is -1.28. The van der Waals surface area contributed by atoms with Gasteiger partial charge in [-0.25, -0.2) is 4.79 Å². The lowest BCUT2D eigenvalue weighted by Gasteiger charge is -2.40. The van der Waals surface area contributed by atoms with E-state index in [1.54, 1.807) is 23.3 Å². The highest BCUT2D eigenvalue weighted by Crippen LogP contribution is 2.39. The molecular weight excluding hydrogens is 633 g/mol. The van der Waals surface area contributed by atoms with E-state index in [2.05, 4.69) is 11.0 Å². The maximum Gasteiger partial charge on any atom is 0.416 e. The number of thiophene rings is 1. The van der Waals surface area contributed by atoms with E-state index in [-0.39, 0.29) is 18.2 Å². The van der Waals surface area contributed by atoms with E-state index in [1.165, 1.54) is 12.1 Å². The Morgan fingerprint density at radius 2 is 1.54 bits per heavy atom. The van der Waals surface area contributed by atoms with Crippen molar-refractivity contribution in [2.45, 2.75) is 83.4 Å². The van der Waals surface area contributed by atoms with E-state index in [0.29, 0.717) is 24.4 Å². The van der Waals surface area contributed by atoms with E-state index in [4.69, 9.17) is 21.1 Å². The van der Waals surface area contributed by atoms with Crippen LogP contribution in [0.15, 0.2) is 66.7 Å². The molecule has 5 nitrogen and oxygen atoms in total. The largest absolute Gasteiger partial charge is 0.496 e. The molecule has 1 heterocycles. The predicted molar refractivity (Wildman–Crippen MR) is 180 cm³/mol. The molecule has 1 amide bonds. The molecule has 0 spiro atoms. The summed E-state index contributed by atoms with van der Waals surface area (Å²) in [7, 11) is 3.44. The predicted octanol–water partition coefficient (Wildman–Crippen LogP) is 10.4. The Hall–Kier alpha value is -3.27. The first-order valence-electron chi connectivity index (χ1n) is 15.4. The molecule has 0 aliphatic heterocycles. The van der Waals surface area contributed by atoms with Crippen LogP contribution in [0.4, 0.5) is 18.0 Å². The highest BCUT2D eigenvalue weighted by atomic mass is 35.5. The first-order chi connectivity index (χ1) is 21.7. The molecule has 1 aliphatic carbocycles. The van der Waals surface area contributed by atoms with Gasteiger partial charge < -0.3 is 14.4 Å². The lowest BCUT2D eigenvalue weighted by atomic mass is 9.89. The molecule has 0 radical (unpaired) electrons. The third-order valence-corrected chi connectivity index (χ3v) is 10.3. The first-order valence-corrected chi connectivity index (χ1v) is 16.6. The number of methoxy groups -OCH3 is 1. The van der Waals surface area contributed by atoms with Crippen LogP contribution >= 0.6 is 22.9 Å². The smallest absolute Gasteiger partial charge is 0.416 e.